The molecule has 2 aliphatic rings. The van der Waals surface area contributed by atoms with E-state index in [9.17, 15) is 0 Å². The van der Waals surface area contributed by atoms with Gasteiger partial charge in [-0.15, -0.1) is 0 Å². The second kappa shape index (κ2) is 32.3. The second-order valence-corrected chi connectivity index (χ2v) is 35.7. The summed E-state index contributed by atoms with van der Waals surface area (Å²) in [6.45, 7) is 19.8. The van der Waals surface area contributed by atoms with Crippen molar-refractivity contribution in [1.29, 1.82) is 0 Å². The summed E-state index contributed by atoms with van der Waals surface area (Å²) in [4.78, 5) is 74.3. The van der Waals surface area contributed by atoms with Gasteiger partial charge >= 0.3 is 0 Å². The van der Waals surface area contributed by atoms with Gasteiger partial charge in [-0.1, -0.05) is 166 Å². The number of nitrogens with one attached hydrogen (secondary N) is 2. The number of imide groups is 2. The van der Waals surface area contributed by atoms with E-state index in [2.05, 4.69) is 82.2 Å². The lowest BCUT2D eigenvalue weighted by Crippen LogP contribution is -2.41. The number of aryl methyl sites for hydroxylation is 10. The molecule has 2 N–H and O–H groups in total. The first-order valence-corrected chi connectivity index (χ1v) is 45.1. The van der Waals surface area contributed by atoms with E-state index in [1.165, 1.54) is 9.80 Å². The van der Waals surface area contributed by atoms with Gasteiger partial charge in [-0.05, 0) is 307 Å². The fourth-order valence-corrected chi connectivity index (χ4v) is 20.1. The first-order chi connectivity index (χ1) is 65.6. The molecule has 648 valence electrons. The summed E-state index contributed by atoms with van der Waals surface area (Å²) in [6.07, 6.45) is 3.82. The minimum atomic E-state index is -0.517. The van der Waals surface area contributed by atoms with Crippen LogP contribution in [0.1, 0.15) is 142 Å². The Labute approximate surface area is 778 Å². The molecule has 135 heavy (non-hydrogen) atoms. The van der Waals surface area contributed by atoms with Crippen molar-refractivity contribution in [3.8, 4) is 92.7 Å². The number of nitrogens with zero attached hydrogens (tertiary/aromatic N) is 2. The van der Waals surface area contributed by atoms with Gasteiger partial charge in [-0.25, -0.2) is 9.80 Å². The van der Waals surface area contributed by atoms with Crippen LogP contribution in [0.5, 0.6) is 69.0 Å². The maximum Gasteiger partial charge on any atom is 0.266 e. The quantitative estimate of drug-likeness (QED) is 0.0388. The number of carbonyl (C=O) groups excluding carboxylic acids is 4. The third-order valence-corrected chi connectivity index (χ3v) is 26.3. The largest absolute Gasteiger partial charge is 0.457 e. The molecule has 0 fully saturated rings. The van der Waals surface area contributed by atoms with Gasteiger partial charge < -0.3 is 38.4 Å². The number of amides is 4. The molecule has 0 aliphatic carbocycles. The second-order valence-electron chi connectivity index (χ2n) is 35.7. The predicted octanol–water partition coefficient (Wildman–Crippen LogP) is 29.9. The Morgan fingerprint density at radius 1 is 0.237 bits per heavy atom. The molecule has 21 aromatic rings. The molecule has 2 aliphatic heterocycles. The molecule has 0 atom stereocenters. The van der Waals surface area contributed by atoms with Crippen molar-refractivity contribution in [2.45, 2.75) is 75.2 Å². The van der Waals surface area contributed by atoms with Gasteiger partial charge in [-0.2, -0.15) is 0 Å². The summed E-state index contributed by atoms with van der Waals surface area (Å²) < 4.78 is 41.8. The van der Waals surface area contributed by atoms with Gasteiger partial charge in [0.2, 0.25) is 0 Å². The van der Waals surface area contributed by atoms with E-state index < -0.39 is 23.6 Å². The minimum Gasteiger partial charge on any atom is -0.457 e. The van der Waals surface area contributed by atoms with E-state index in [0.717, 1.165) is 93.4 Å². The zero-order chi connectivity index (χ0) is 92.0. The summed E-state index contributed by atoms with van der Waals surface area (Å²) in [5, 5.41) is 11.9. The molecular weight excluding hydrogens is 1670 g/mol. The Bertz CT molecular complexity index is 7920. The summed E-state index contributed by atoms with van der Waals surface area (Å²) >= 11 is 0. The fourth-order valence-electron chi connectivity index (χ4n) is 20.1. The highest BCUT2D eigenvalue weighted by Gasteiger charge is 2.42. The number of aromatic nitrogens is 2. The smallest absolute Gasteiger partial charge is 0.266 e. The van der Waals surface area contributed by atoms with Crippen LogP contribution in [0, 0.1) is 92.9 Å². The van der Waals surface area contributed by atoms with Crippen LogP contribution in [0.3, 0.4) is 0 Å². The molecule has 19 aromatic carbocycles. The maximum atomic E-state index is 16.2. The first kappa shape index (κ1) is 82.0. The maximum absolute atomic E-state index is 16.2. The predicted molar refractivity (Wildman–Crippen MR) is 538 cm³/mol. The molecule has 14 heteroatoms. The number of hydrogen-bond donors (Lipinski definition) is 2. The molecule has 0 unspecified atom stereocenters. The van der Waals surface area contributed by atoms with Crippen molar-refractivity contribution in [3.05, 3.63) is 427 Å². The standard InChI is InChI=1S/C121H84N4O10/c1-66-21-37-81(38-22-66)130-99-51-49-91-106-87(99)15-11-17-89(106)110-101(132-83-41-25-68(3)26-42-83)62-93-108-95(64-103(112(91)114(108)110)134-85-45-29-70(5)30-46-85)120(128)124(118(93)126)116-72(7)55-76(56-73(116)8)33-35-78-59-79(61-80(60-78)105(97-19-13-53-122-97)98-20-14-54-123-98)36-34-77-57-74(9)117(75(10)58-77)125-119(127)94-63-102(133-84-43-27-69(4)28-44-84)111-90-18-12-16-88-100(131-82-39-23-67(2)24-40-82)52-50-92(107(88)90)113-104(135-86-47-31-71(6)32-48-86)65-96(121(125)129)109(94)115(111)113/h11-32,37-65,105,122-123H,1-10H3. The summed E-state index contributed by atoms with van der Waals surface area (Å²) in [5.41, 5.74) is 16.4. The van der Waals surface area contributed by atoms with Crippen LogP contribution in [0.2, 0.25) is 0 Å². The summed E-state index contributed by atoms with van der Waals surface area (Å²) in [6, 6.07) is 96.7. The Morgan fingerprint density at radius 3 is 0.770 bits per heavy atom. The summed E-state index contributed by atoms with van der Waals surface area (Å²) in [5.74, 6) is 18.3. The molecule has 0 saturated carbocycles. The van der Waals surface area contributed by atoms with E-state index in [1.807, 2.05) is 306 Å². The van der Waals surface area contributed by atoms with Crippen LogP contribution in [-0.4, -0.2) is 33.6 Å². The molecule has 0 spiro atoms. The van der Waals surface area contributed by atoms with E-state index in [1.54, 1.807) is 24.3 Å². The van der Waals surface area contributed by atoms with Gasteiger partial charge in [0.1, 0.15) is 69.0 Å². The van der Waals surface area contributed by atoms with Crippen LogP contribution in [0.15, 0.2) is 310 Å². The number of H-pyrrole nitrogens is 2. The fraction of sp³-hybridized carbons (Fsp3) is 0.0909. The lowest BCUT2D eigenvalue weighted by molar-refractivity contribution is 0.0877. The number of aromatic amines is 2. The van der Waals surface area contributed by atoms with Crippen LogP contribution >= 0.6 is 0 Å². The highest BCUT2D eigenvalue weighted by Crippen LogP contribution is 2.57. The molecule has 4 amide bonds. The number of fused-ring (bicyclic) bond motifs is 4. The van der Waals surface area contributed by atoms with E-state index in [4.69, 9.17) is 28.4 Å². The van der Waals surface area contributed by atoms with Crippen molar-refractivity contribution < 1.29 is 47.6 Å². The molecule has 0 bridgehead atoms. The molecule has 2 aromatic heterocycles. The third-order valence-electron chi connectivity index (χ3n) is 26.3. The first-order valence-electron chi connectivity index (χ1n) is 45.1. The average molecular weight is 1750 g/mol. The third kappa shape index (κ3) is 14.2. The molecule has 0 saturated heterocycles. The van der Waals surface area contributed by atoms with E-state index in [-0.39, 0.29) is 28.2 Å². The molecule has 0 radical (unpaired) electrons. The van der Waals surface area contributed by atoms with Crippen LogP contribution in [0.25, 0.3) is 86.2 Å². The SMILES string of the molecule is Cc1ccc(Oc2ccc3c4c(Oc5ccc(C)cc5)cc5c6c(cc(Oc7ccc(C)cc7)c(c7cccc2c73)c64)C(=O)N(c2c(C)cc(C#Cc3cc(C#Cc4cc(C)c(N6C(=O)c7cc(Oc8ccc(C)cc8)c8c9cccc%10c(Oc%11ccc(C)cc%11)ccc(c%11c(Oc%12ccc(C)cc%12)cc(c7c8%11)C6=O)c%109)c(C)c4)cc(C(c4ccc[nH]4)c4ccc[nH]4)c3)cc2C)C5=O)cc1. The zero-order valence-corrected chi connectivity index (χ0v) is 75.5. The van der Waals surface area contributed by atoms with E-state index in [0.29, 0.717) is 168 Å². The van der Waals surface area contributed by atoms with Crippen LogP contribution < -0.4 is 38.2 Å². The zero-order valence-electron chi connectivity index (χ0n) is 75.5. The van der Waals surface area contributed by atoms with Crippen molar-refractivity contribution >= 4 is 121 Å². The van der Waals surface area contributed by atoms with Crippen LogP contribution in [0.4, 0.5) is 11.4 Å². The van der Waals surface area contributed by atoms with Gasteiger partial charge in [-0.3, -0.25) is 19.2 Å². The topological polar surface area (TPSA) is 162 Å². The number of ether oxygens (including phenoxy) is 6. The Balaban J connectivity index is 0.619. The van der Waals surface area contributed by atoms with Gasteiger partial charge in [0.05, 0.1) is 39.5 Å². The number of rotatable bonds is 17. The number of benzene rings is 19. The van der Waals surface area contributed by atoms with Crippen molar-refractivity contribution in [2.75, 3.05) is 9.80 Å². The minimum absolute atomic E-state index is 0.286. The van der Waals surface area contributed by atoms with Crippen molar-refractivity contribution in [2.24, 2.45) is 0 Å². The van der Waals surface area contributed by atoms with Gasteiger partial charge in [0.15, 0.2) is 0 Å². The lowest BCUT2D eigenvalue weighted by Gasteiger charge is -2.32. The average Bonchev–Trinajstić information content (AvgIpc) is 1.34. The number of hydrogen-bond acceptors (Lipinski definition) is 10. The van der Waals surface area contributed by atoms with Crippen LogP contribution in [-0.2, 0) is 0 Å². The molecule has 23 rings (SSSR count). The molecular formula is C121H84N4O10. The highest BCUT2D eigenvalue weighted by atomic mass is 16.5. The highest BCUT2D eigenvalue weighted by molar-refractivity contribution is 6.46. The molecule has 14 nitrogen and oxygen atoms in total. The Morgan fingerprint density at radius 2 is 0.496 bits per heavy atom. The normalized spacial score (nSPS) is 12.5. The van der Waals surface area contributed by atoms with Crippen molar-refractivity contribution in [3.63, 3.8) is 0 Å². The Hall–Kier alpha value is -17.5. The summed E-state index contributed by atoms with van der Waals surface area (Å²) in [7, 11) is 0. The monoisotopic (exact) mass is 1750 g/mol. The number of anilines is 2. The number of carbonyl (C=O) groups is 4. The van der Waals surface area contributed by atoms with Crippen molar-refractivity contribution in [1.82, 2.24) is 9.97 Å². The Kier molecular flexibility index (Phi) is 19.6. The van der Waals surface area contributed by atoms with Gasteiger partial charge in [0.25, 0.3) is 23.6 Å². The lowest BCUT2D eigenvalue weighted by atomic mass is 9.83. The molecule has 4 heterocycles. The van der Waals surface area contributed by atoms with Gasteiger partial charge in [0, 0.05) is 111 Å². The van der Waals surface area contributed by atoms with E-state index >= 15 is 19.2 Å².